The van der Waals surface area contributed by atoms with E-state index in [1.165, 1.54) is 6.07 Å². The predicted molar refractivity (Wildman–Crippen MR) is 77.8 cm³/mol. The molecule has 1 aromatic carbocycles. The van der Waals surface area contributed by atoms with Crippen LogP contribution >= 0.6 is 0 Å². The number of carbonyl (C=O) groups excluding carboxylic acids is 1. The molecular formula is C13H18N4O3. The lowest BCUT2D eigenvalue weighted by Crippen LogP contribution is -2.20. The highest BCUT2D eigenvalue weighted by Gasteiger charge is 2.08. The van der Waals surface area contributed by atoms with Crippen LogP contribution in [0.4, 0.5) is 16.2 Å². The van der Waals surface area contributed by atoms with E-state index >= 15 is 0 Å². The van der Waals surface area contributed by atoms with E-state index in [0.717, 1.165) is 11.3 Å². The second-order valence-electron chi connectivity index (χ2n) is 4.16. The second kappa shape index (κ2) is 7.03. The molecule has 20 heavy (non-hydrogen) atoms. The fraction of sp³-hybridized carbons (Fsp3) is 0.231. The van der Waals surface area contributed by atoms with E-state index in [2.05, 4.69) is 10.6 Å². The smallest absolute Gasteiger partial charge is 0.404 e. The molecule has 108 valence electrons. The highest BCUT2D eigenvalue weighted by Crippen LogP contribution is 2.24. The van der Waals surface area contributed by atoms with Gasteiger partial charge in [-0.15, -0.1) is 0 Å². The van der Waals surface area contributed by atoms with Gasteiger partial charge in [0.15, 0.2) is 0 Å². The highest BCUT2D eigenvalue weighted by molar-refractivity contribution is 5.95. The van der Waals surface area contributed by atoms with Gasteiger partial charge in [0.05, 0.1) is 11.4 Å². The maximum absolute atomic E-state index is 11.1. The van der Waals surface area contributed by atoms with Crippen LogP contribution in [0.1, 0.15) is 15.9 Å². The lowest BCUT2D eigenvalue weighted by atomic mass is 10.1. The van der Waals surface area contributed by atoms with Gasteiger partial charge >= 0.3 is 6.09 Å². The topological polar surface area (TPSA) is 130 Å². The average Bonchev–Trinajstić information content (AvgIpc) is 2.35. The van der Waals surface area contributed by atoms with Crippen LogP contribution in [-0.4, -0.2) is 30.2 Å². The Bertz CT molecular complexity index is 517. The molecular weight excluding hydrogens is 260 g/mol. The van der Waals surface area contributed by atoms with Crippen molar-refractivity contribution in [1.29, 1.82) is 0 Å². The number of primary amides is 1. The standard InChI is InChI=1S/C13H18N4O3/c1-8-6-9(12(15)18)7-10(14)11(8)16-4-2-3-5-17-13(19)20/h2-3,6-7,16-17H,4-5,14H2,1H3,(H2,15,18)(H,19,20)/b3-2+. The molecule has 0 heterocycles. The number of hydrogen-bond acceptors (Lipinski definition) is 4. The zero-order valence-electron chi connectivity index (χ0n) is 11.1. The zero-order valence-corrected chi connectivity index (χ0v) is 11.1. The summed E-state index contributed by atoms with van der Waals surface area (Å²) in [5.74, 6) is -0.522. The molecule has 0 aliphatic rings. The van der Waals surface area contributed by atoms with Gasteiger partial charge < -0.3 is 27.2 Å². The van der Waals surface area contributed by atoms with Crippen LogP contribution in [0, 0.1) is 6.92 Å². The second-order valence-corrected chi connectivity index (χ2v) is 4.16. The first-order valence-electron chi connectivity index (χ1n) is 5.97. The Labute approximate surface area is 116 Å². The third-order valence-electron chi connectivity index (χ3n) is 2.59. The summed E-state index contributed by atoms with van der Waals surface area (Å²) in [4.78, 5) is 21.3. The number of nitrogens with one attached hydrogen (secondary N) is 2. The summed E-state index contributed by atoms with van der Waals surface area (Å²) < 4.78 is 0. The van der Waals surface area contributed by atoms with E-state index in [-0.39, 0.29) is 6.54 Å². The van der Waals surface area contributed by atoms with Gasteiger partial charge in [-0.25, -0.2) is 4.79 Å². The molecule has 0 atom stereocenters. The normalized spacial score (nSPS) is 10.4. The number of nitrogen functional groups attached to an aromatic ring is 1. The predicted octanol–water partition coefficient (Wildman–Crippen LogP) is 0.912. The molecule has 0 saturated carbocycles. The Kier molecular flexibility index (Phi) is 5.40. The molecule has 0 spiro atoms. The average molecular weight is 278 g/mol. The minimum Gasteiger partial charge on any atom is -0.465 e. The number of carboxylic acid groups (broad SMARTS) is 1. The molecule has 0 saturated heterocycles. The summed E-state index contributed by atoms with van der Waals surface area (Å²) in [6, 6.07) is 3.18. The van der Waals surface area contributed by atoms with E-state index < -0.39 is 12.0 Å². The lowest BCUT2D eigenvalue weighted by molar-refractivity contribution is 0.1000. The number of rotatable bonds is 6. The molecule has 0 aliphatic heterocycles. The minimum absolute atomic E-state index is 0.242. The van der Waals surface area contributed by atoms with E-state index in [0.29, 0.717) is 17.8 Å². The maximum Gasteiger partial charge on any atom is 0.404 e. The van der Waals surface area contributed by atoms with Crippen molar-refractivity contribution in [3.05, 3.63) is 35.4 Å². The van der Waals surface area contributed by atoms with Crippen molar-refractivity contribution < 1.29 is 14.7 Å². The van der Waals surface area contributed by atoms with E-state index in [1.54, 1.807) is 18.2 Å². The van der Waals surface area contributed by atoms with Crippen molar-refractivity contribution >= 4 is 23.4 Å². The first-order chi connectivity index (χ1) is 9.41. The van der Waals surface area contributed by atoms with Crippen LogP contribution in [0.5, 0.6) is 0 Å². The summed E-state index contributed by atoms with van der Waals surface area (Å²) in [6.45, 7) is 2.55. The summed E-state index contributed by atoms with van der Waals surface area (Å²) >= 11 is 0. The van der Waals surface area contributed by atoms with Crippen molar-refractivity contribution in [3.63, 3.8) is 0 Å². The van der Waals surface area contributed by atoms with Crippen LogP contribution in [0.15, 0.2) is 24.3 Å². The molecule has 1 aromatic rings. The Morgan fingerprint density at radius 3 is 2.50 bits per heavy atom. The monoisotopic (exact) mass is 278 g/mol. The van der Waals surface area contributed by atoms with Crippen LogP contribution in [0.25, 0.3) is 0 Å². The first-order valence-corrected chi connectivity index (χ1v) is 5.97. The molecule has 7 N–H and O–H groups in total. The quantitative estimate of drug-likeness (QED) is 0.390. The number of benzene rings is 1. The minimum atomic E-state index is -1.07. The van der Waals surface area contributed by atoms with Crippen molar-refractivity contribution in [3.8, 4) is 0 Å². The van der Waals surface area contributed by atoms with Gasteiger partial charge in [-0.3, -0.25) is 4.79 Å². The van der Waals surface area contributed by atoms with E-state index in [1.807, 2.05) is 6.92 Å². The van der Waals surface area contributed by atoms with Crippen LogP contribution in [-0.2, 0) is 0 Å². The number of carbonyl (C=O) groups is 2. The summed E-state index contributed by atoms with van der Waals surface area (Å²) in [7, 11) is 0. The van der Waals surface area contributed by atoms with Gasteiger partial charge in [-0.2, -0.15) is 0 Å². The van der Waals surface area contributed by atoms with Crippen molar-refractivity contribution in [2.45, 2.75) is 6.92 Å². The number of hydrogen-bond donors (Lipinski definition) is 5. The Hall–Kier alpha value is -2.70. The van der Waals surface area contributed by atoms with Crippen molar-refractivity contribution in [2.75, 3.05) is 24.1 Å². The molecule has 0 radical (unpaired) electrons. The van der Waals surface area contributed by atoms with Crippen LogP contribution in [0.3, 0.4) is 0 Å². The third-order valence-corrected chi connectivity index (χ3v) is 2.59. The number of anilines is 2. The molecule has 0 fully saturated rings. The van der Waals surface area contributed by atoms with Gasteiger partial charge in [0.1, 0.15) is 0 Å². The molecule has 0 bridgehead atoms. The third kappa shape index (κ3) is 4.52. The van der Waals surface area contributed by atoms with Gasteiger partial charge in [0.25, 0.3) is 0 Å². The maximum atomic E-state index is 11.1. The molecule has 0 aromatic heterocycles. The van der Waals surface area contributed by atoms with Crippen molar-refractivity contribution in [1.82, 2.24) is 5.32 Å². The SMILES string of the molecule is Cc1cc(C(N)=O)cc(N)c1NC/C=C/CNC(=O)O. The Morgan fingerprint density at radius 1 is 1.30 bits per heavy atom. The van der Waals surface area contributed by atoms with E-state index in [9.17, 15) is 9.59 Å². The summed E-state index contributed by atoms with van der Waals surface area (Å²) in [5.41, 5.74) is 13.4. The molecule has 7 nitrogen and oxygen atoms in total. The van der Waals surface area contributed by atoms with Gasteiger partial charge in [0.2, 0.25) is 5.91 Å². The fourth-order valence-corrected chi connectivity index (χ4v) is 1.67. The van der Waals surface area contributed by atoms with Crippen molar-refractivity contribution in [2.24, 2.45) is 5.73 Å². The summed E-state index contributed by atoms with van der Waals surface area (Å²) in [5, 5.41) is 13.7. The van der Waals surface area contributed by atoms with Gasteiger partial charge in [-0.1, -0.05) is 12.2 Å². The number of nitrogens with two attached hydrogens (primary N) is 2. The van der Waals surface area contributed by atoms with Crippen LogP contribution in [0.2, 0.25) is 0 Å². The fourth-order valence-electron chi connectivity index (χ4n) is 1.67. The van der Waals surface area contributed by atoms with Gasteiger partial charge in [-0.05, 0) is 24.6 Å². The van der Waals surface area contributed by atoms with Crippen LogP contribution < -0.4 is 22.1 Å². The molecule has 1 rings (SSSR count). The largest absolute Gasteiger partial charge is 0.465 e. The molecule has 0 unspecified atom stereocenters. The number of aryl methyl sites for hydroxylation is 1. The summed E-state index contributed by atoms with van der Waals surface area (Å²) in [6.07, 6.45) is 2.39. The molecule has 0 aliphatic carbocycles. The Morgan fingerprint density at radius 2 is 1.95 bits per heavy atom. The highest BCUT2D eigenvalue weighted by atomic mass is 16.4. The van der Waals surface area contributed by atoms with E-state index in [4.69, 9.17) is 16.6 Å². The zero-order chi connectivity index (χ0) is 15.1. The first kappa shape index (κ1) is 15.4. The lowest BCUT2D eigenvalue weighted by Gasteiger charge is -2.12. The molecule has 7 heteroatoms. The number of amides is 2. The molecule has 2 amide bonds. The Balaban J connectivity index is 2.60. The van der Waals surface area contributed by atoms with Gasteiger partial charge in [0, 0.05) is 18.7 Å².